The minimum absolute atomic E-state index is 0. The van der Waals surface area contributed by atoms with Crippen LogP contribution in [0.25, 0.3) is 10.8 Å². The second kappa shape index (κ2) is 8.26. The van der Waals surface area contributed by atoms with Gasteiger partial charge in [0.2, 0.25) is 0 Å². The van der Waals surface area contributed by atoms with Gasteiger partial charge < -0.3 is 30.8 Å². The van der Waals surface area contributed by atoms with E-state index in [1.807, 2.05) is 21.1 Å². The minimum Gasteiger partial charge on any atom is -0.426 e. The molecular formula is C14H22N3Zr. The van der Waals surface area contributed by atoms with Gasteiger partial charge in [-0.15, -0.1) is 22.9 Å². The molecule has 4 heteroatoms. The summed E-state index contributed by atoms with van der Waals surface area (Å²) in [5.41, 5.74) is 3.46. The van der Waals surface area contributed by atoms with Crippen LogP contribution in [-0.4, -0.2) is 21.1 Å². The Balaban J connectivity index is 0. The van der Waals surface area contributed by atoms with Crippen LogP contribution in [0.2, 0.25) is 0 Å². The van der Waals surface area contributed by atoms with E-state index in [0.717, 1.165) is 17.1 Å². The van der Waals surface area contributed by atoms with Crippen molar-refractivity contribution in [2.24, 2.45) is 0 Å². The van der Waals surface area contributed by atoms with E-state index in [-0.39, 0.29) is 41.1 Å². The molecule has 2 aromatic rings. The zero-order chi connectivity index (χ0) is 10.8. The molecule has 1 radical (unpaired) electrons. The van der Waals surface area contributed by atoms with Gasteiger partial charge in [-0.1, -0.05) is 17.8 Å². The molecular weight excluding hydrogens is 301 g/mol. The van der Waals surface area contributed by atoms with E-state index in [1.165, 1.54) is 10.8 Å². The van der Waals surface area contributed by atoms with Crippen molar-refractivity contribution in [3.8, 4) is 0 Å². The fourth-order valence-electron chi connectivity index (χ4n) is 1.88. The monoisotopic (exact) mass is 322 g/mol. The second-order valence-electron chi connectivity index (χ2n) is 3.48. The van der Waals surface area contributed by atoms with Crippen LogP contribution < -0.4 is 16.0 Å². The molecule has 0 atom stereocenters. The molecule has 3 nitrogen and oxygen atoms in total. The summed E-state index contributed by atoms with van der Waals surface area (Å²) in [7, 11) is 5.83. The molecule has 0 unspecified atom stereocenters. The SMILES string of the molecule is CNc1cc2c(NC)ccc(NC)c2[cH-]1.[CH3-].[CH3-].[Zr+3]. The second-order valence-corrected chi connectivity index (χ2v) is 3.48. The van der Waals surface area contributed by atoms with Crippen molar-refractivity contribution in [3.63, 3.8) is 0 Å². The van der Waals surface area contributed by atoms with Crippen LogP contribution >= 0.6 is 0 Å². The van der Waals surface area contributed by atoms with Crippen LogP contribution in [0.1, 0.15) is 0 Å². The molecule has 0 aliphatic heterocycles. The normalized spacial score (nSPS) is 8.61. The zero-order valence-electron chi connectivity index (χ0n) is 11.8. The summed E-state index contributed by atoms with van der Waals surface area (Å²) in [6.07, 6.45) is 0. The third-order valence-electron chi connectivity index (χ3n) is 2.71. The number of anilines is 3. The molecule has 0 fully saturated rings. The number of fused-ring (bicyclic) bond motifs is 1. The van der Waals surface area contributed by atoms with Crippen LogP contribution in [0.5, 0.6) is 0 Å². The Bertz CT molecular complexity index is 436. The molecule has 0 saturated carbocycles. The molecule has 0 aliphatic rings. The first-order valence-corrected chi connectivity index (χ1v) is 5.07. The van der Waals surface area contributed by atoms with E-state index >= 15 is 0 Å². The van der Waals surface area contributed by atoms with E-state index in [1.54, 1.807) is 0 Å². The van der Waals surface area contributed by atoms with Crippen molar-refractivity contribution in [1.29, 1.82) is 0 Å². The maximum absolute atomic E-state index is 3.20. The van der Waals surface area contributed by atoms with E-state index < -0.39 is 0 Å². The summed E-state index contributed by atoms with van der Waals surface area (Å²) in [5, 5.41) is 12.1. The quantitative estimate of drug-likeness (QED) is 0.756. The number of hydrogen-bond donors (Lipinski definition) is 3. The van der Waals surface area contributed by atoms with Crippen molar-refractivity contribution in [3.05, 3.63) is 39.1 Å². The first kappa shape index (κ1) is 19.5. The fourth-order valence-corrected chi connectivity index (χ4v) is 1.88. The van der Waals surface area contributed by atoms with Crippen molar-refractivity contribution < 1.29 is 26.2 Å². The van der Waals surface area contributed by atoms with Gasteiger partial charge in [0.15, 0.2) is 0 Å². The number of hydrogen-bond acceptors (Lipinski definition) is 3. The molecule has 3 N–H and O–H groups in total. The maximum atomic E-state index is 3.20. The van der Waals surface area contributed by atoms with E-state index in [0.29, 0.717) is 0 Å². The zero-order valence-corrected chi connectivity index (χ0v) is 14.3. The molecule has 0 amide bonds. The molecule has 0 heterocycles. The van der Waals surface area contributed by atoms with Crippen LogP contribution in [-0.2, 0) is 26.2 Å². The Morgan fingerprint density at radius 1 is 0.889 bits per heavy atom. The third kappa shape index (κ3) is 3.32. The molecule has 0 bridgehead atoms. The predicted octanol–water partition coefficient (Wildman–Crippen LogP) is 3.58. The molecule has 2 aromatic carbocycles. The number of benzene rings is 1. The average molecular weight is 324 g/mol. The largest absolute Gasteiger partial charge is 3.00 e. The van der Waals surface area contributed by atoms with Crippen molar-refractivity contribution in [2.75, 3.05) is 37.1 Å². The number of rotatable bonds is 3. The van der Waals surface area contributed by atoms with Gasteiger partial charge in [-0.3, -0.25) is 0 Å². The topological polar surface area (TPSA) is 36.1 Å². The summed E-state index contributed by atoms with van der Waals surface area (Å²) in [6.45, 7) is 0. The molecule has 18 heavy (non-hydrogen) atoms. The van der Waals surface area contributed by atoms with E-state index in [9.17, 15) is 0 Å². The Kier molecular flexibility index (Phi) is 8.92. The maximum Gasteiger partial charge on any atom is 3.00 e. The Morgan fingerprint density at radius 2 is 1.44 bits per heavy atom. The average Bonchev–Trinajstić information content (AvgIpc) is 2.71. The first-order chi connectivity index (χ1) is 7.30. The molecule has 2 rings (SSSR count). The van der Waals surface area contributed by atoms with Crippen molar-refractivity contribution >= 4 is 27.8 Å². The van der Waals surface area contributed by atoms with Crippen LogP contribution in [0.15, 0.2) is 24.3 Å². The summed E-state index contributed by atoms with van der Waals surface area (Å²) >= 11 is 0. The fraction of sp³-hybridized carbons (Fsp3) is 0.214. The standard InChI is InChI=1S/C12H16N3.2CH3.Zr/c1-13-8-6-9-10(7-8)12(15-3)5-4-11(9)14-2;;;/h4-7,13-15H,1-3H3;2*1H3;/q3*-1;+3. The molecule has 0 aromatic heterocycles. The summed E-state index contributed by atoms with van der Waals surface area (Å²) in [6, 6.07) is 8.49. The van der Waals surface area contributed by atoms with Gasteiger partial charge in [0.1, 0.15) is 0 Å². The summed E-state index contributed by atoms with van der Waals surface area (Å²) in [4.78, 5) is 0. The molecule has 0 spiro atoms. The first-order valence-electron chi connectivity index (χ1n) is 5.07. The smallest absolute Gasteiger partial charge is 0.426 e. The van der Waals surface area contributed by atoms with Crippen LogP contribution in [0.4, 0.5) is 17.1 Å². The van der Waals surface area contributed by atoms with Crippen molar-refractivity contribution in [1.82, 2.24) is 0 Å². The molecule has 0 saturated heterocycles. The Hall–Kier alpha value is -0.887. The van der Waals surface area contributed by atoms with E-state index in [4.69, 9.17) is 0 Å². The van der Waals surface area contributed by atoms with Gasteiger partial charge in [-0.05, 0) is 18.4 Å². The molecule has 97 valence electrons. The van der Waals surface area contributed by atoms with E-state index in [2.05, 4.69) is 40.2 Å². The third-order valence-corrected chi connectivity index (χ3v) is 2.71. The van der Waals surface area contributed by atoms with Gasteiger partial charge in [0, 0.05) is 14.1 Å². The van der Waals surface area contributed by atoms with Gasteiger partial charge in [0.05, 0.1) is 0 Å². The van der Waals surface area contributed by atoms with Crippen LogP contribution in [0.3, 0.4) is 0 Å². The summed E-state index contributed by atoms with van der Waals surface area (Å²) in [5.74, 6) is 0. The Labute approximate surface area is 130 Å². The summed E-state index contributed by atoms with van der Waals surface area (Å²) < 4.78 is 0. The van der Waals surface area contributed by atoms with Crippen molar-refractivity contribution in [2.45, 2.75) is 0 Å². The van der Waals surface area contributed by atoms with Gasteiger partial charge in [0.25, 0.3) is 0 Å². The van der Waals surface area contributed by atoms with Gasteiger partial charge in [-0.2, -0.15) is 0 Å². The molecule has 0 aliphatic carbocycles. The van der Waals surface area contributed by atoms with Crippen LogP contribution in [0, 0.1) is 14.9 Å². The predicted molar refractivity (Wildman–Crippen MR) is 81.0 cm³/mol. The van der Waals surface area contributed by atoms with Gasteiger partial charge >= 0.3 is 26.2 Å². The minimum atomic E-state index is 0. The Morgan fingerprint density at radius 3 is 1.94 bits per heavy atom. The van der Waals surface area contributed by atoms with Gasteiger partial charge in [-0.25, -0.2) is 0 Å². The number of nitrogens with one attached hydrogen (secondary N) is 3.